The molecule has 0 aromatic carbocycles. The van der Waals surface area contributed by atoms with Crippen LogP contribution in [-0.2, 0) is 33.8 Å². The van der Waals surface area contributed by atoms with Crippen molar-refractivity contribution in [2.24, 2.45) is 123 Å². The molecule has 3 heterocycles. The van der Waals surface area contributed by atoms with Gasteiger partial charge < -0.3 is 29.5 Å². The number of aromatic nitrogens is 11. The monoisotopic (exact) mass is 1260 g/mol. The van der Waals surface area contributed by atoms with Crippen LogP contribution in [0.25, 0.3) is 0 Å². The van der Waals surface area contributed by atoms with Crippen molar-refractivity contribution in [1.29, 1.82) is 0 Å². The molecule has 0 spiro atoms. The van der Waals surface area contributed by atoms with Crippen LogP contribution in [0.1, 0.15) is 200 Å². The number of allylic oxidation sites excluding steroid dienone is 3. The van der Waals surface area contributed by atoms with E-state index in [1.54, 1.807) is 33.9 Å². The van der Waals surface area contributed by atoms with Crippen LogP contribution < -0.4 is 0 Å². The normalized spacial score (nSPS) is 45.1. The second-order valence-corrected chi connectivity index (χ2v) is 34.0. The van der Waals surface area contributed by atoms with Crippen LogP contribution in [-0.4, -0.2) is 129 Å². The fourth-order valence-corrected chi connectivity index (χ4v) is 26.0. The highest BCUT2D eigenvalue weighted by atomic mass is 16.5. The number of methoxy groups -OCH3 is 3. The minimum Gasteiger partial charge on any atom is -0.387 e. The third-order valence-corrected chi connectivity index (χ3v) is 29.7. The lowest BCUT2D eigenvalue weighted by molar-refractivity contribution is -0.123. The summed E-state index contributed by atoms with van der Waals surface area (Å²) in [4.78, 5) is 0. The van der Waals surface area contributed by atoms with Crippen molar-refractivity contribution in [3.63, 3.8) is 0 Å². The summed E-state index contributed by atoms with van der Waals surface area (Å²) in [6.45, 7) is 27.0. The van der Waals surface area contributed by atoms with Crippen LogP contribution in [0.5, 0.6) is 0 Å². The molecule has 3 aromatic heterocycles. The average Bonchev–Trinajstić information content (AvgIpc) is 1.69. The van der Waals surface area contributed by atoms with Gasteiger partial charge in [-0.3, -0.25) is 0 Å². The highest BCUT2D eigenvalue weighted by Crippen LogP contribution is 2.69. The van der Waals surface area contributed by atoms with E-state index in [-0.39, 0.29) is 0 Å². The minimum absolute atomic E-state index is 0.373. The molecule has 504 valence electrons. The van der Waals surface area contributed by atoms with Crippen LogP contribution in [0.2, 0.25) is 0 Å². The van der Waals surface area contributed by atoms with E-state index in [0.29, 0.717) is 71.6 Å². The fourth-order valence-electron chi connectivity index (χ4n) is 26.0. The maximum Gasteiger partial charge on any atom is 0.148 e. The maximum absolute atomic E-state index is 11.0. The van der Waals surface area contributed by atoms with E-state index in [0.717, 1.165) is 135 Å². The van der Waals surface area contributed by atoms with Gasteiger partial charge in [0.2, 0.25) is 0 Å². The quantitative estimate of drug-likeness (QED) is 0.121. The Morgan fingerprint density at radius 3 is 1.20 bits per heavy atom. The second-order valence-electron chi connectivity index (χ2n) is 34.0. The SMILES string of the molecule is C=C(Cn1ccnn1)[C@H]1CC[C@H]2[C@@H]3CC[C@H]4C[C@@](O)(COC)CC[C@@H]4[C@H]3CC[C@]12C.C=C(Cn1cnnn1)[C@H]1CC[C@H]2[C@@H]3CC[C@H]4C[C@@](O)(COC)CC[C@@H]4[C@H]3CC[C@]12C.C=C(Cn1nnnc1C)[C@H]1CC[C@H]2[C@@H]3CC[C@H]4C[C@@](O)(COC)CC[C@@H]4[C@H]3CC[C@]12C. The molecule has 0 unspecified atom stereocenters. The lowest BCUT2D eigenvalue weighted by atomic mass is 9.48. The van der Waals surface area contributed by atoms with Gasteiger partial charge in [-0.2, -0.15) is 0 Å². The van der Waals surface area contributed by atoms with Crippen molar-refractivity contribution in [3.8, 4) is 0 Å². The molecular formula is C74H117N11O6. The molecule has 3 aromatic rings. The summed E-state index contributed by atoms with van der Waals surface area (Å²) < 4.78 is 21.7. The average molecular weight is 1260 g/mol. The lowest BCUT2D eigenvalue weighted by Gasteiger charge is -2.57. The van der Waals surface area contributed by atoms with Gasteiger partial charge in [0, 0.05) is 27.5 Å². The van der Waals surface area contributed by atoms with Gasteiger partial charge in [0.15, 0.2) is 0 Å². The Bertz CT molecular complexity index is 2850. The molecule has 12 aliphatic carbocycles. The maximum atomic E-state index is 11.0. The Balaban J connectivity index is 0.000000125. The van der Waals surface area contributed by atoms with Crippen molar-refractivity contribution < 1.29 is 29.5 Å². The molecule has 12 aliphatic rings. The first kappa shape index (κ1) is 65.9. The lowest BCUT2D eigenvalue weighted by Crippen LogP contribution is -2.52. The number of aryl methyl sites for hydroxylation is 1. The van der Waals surface area contributed by atoms with Gasteiger partial charge in [0.1, 0.15) is 12.2 Å². The summed E-state index contributed by atoms with van der Waals surface area (Å²) in [5, 5.41) is 64.6. The van der Waals surface area contributed by atoms with Crippen LogP contribution in [0.3, 0.4) is 0 Å². The summed E-state index contributed by atoms with van der Waals surface area (Å²) in [7, 11) is 5.15. The fraction of sp³-hybridized carbons (Fsp3) is 0.865. The van der Waals surface area contributed by atoms with Crippen molar-refractivity contribution in [2.75, 3.05) is 41.2 Å². The van der Waals surface area contributed by atoms with Crippen molar-refractivity contribution >= 4 is 0 Å². The Hall–Kier alpha value is -3.74. The van der Waals surface area contributed by atoms with Gasteiger partial charge in [0.25, 0.3) is 0 Å². The molecule has 15 rings (SSSR count). The molecule has 91 heavy (non-hydrogen) atoms. The summed E-state index contributed by atoms with van der Waals surface area (Å²) >= 11 is 0. The molecular weight excluding hydrogens is 1140 g/mol. The molecule has 0 amide bonds. The van der Waals surface area contributed by atoms with E-state index < -0.39 is 16.8 Å². The number of tetrazole rings is 2. The molecule has 17 heteroatoms. The van der Waals surface area contributed by atoms with E-state index in [9.17, 15) is 15.3 Å². The predicted octanol–water partition coefficient (Wildman–Crippen LogP) is 12.5. The van der Waals surface area contributed by atoms with Crippen LogP contribution in [0, 0.1) is 130 Å². The highest BCUT2D eigenvalue weighted by Gasteiger charge is 2.62. The van der Waals surface area contributed by atoms with Crippen molar-refractivity contribution in [1.82, 2.24) is 55.4 Å². The number of fused-ring (bicyclic) bond motifs is 15. The second kappa shape index (κ2) is 26.4. The molecule has 12 fully saturated rings. The van der Waals surface area contributed by atoms with E-state index in [1.807, 2.05) is 27.2 Å². The zero-order valence-corrected chi connectivity index (χ0v) is 57.1. The molecule has 0 radical (unpaired) electrons. The van der Waals surface area contributed by atoms with Crippen molar-refractivity contribution in [2.45, 2.75) is 237 Å². The molecule has 0 bridgehead atoms. The summed E-state index contributed by atoms with van der Waals surface area (Å²) in [5.74, 6) is 14.9. The Labute approximate surface area is 544 Å². The number of rotatable bonds is 15. The zero-order valence-electron chi connectivity index (χ0n) is 57.1. The standard InChI is InChI=1S/C25H40N4O2.C25H39N3O2.C24H38N4O2/c1-16(14-29-17(2)26-27-28-29)22-7-8-23-21-6-5-18-13-25(30,15-31-4)12-10-19(18)20(21)9-11-24(22,23)3;1-17(15-28-13-12-26-27-28)22-6-7-23-21-5-4-18-14-25(29,16-30-3)11-9-19(18)20(21)8-10-24(22,23)2;1-16(13-28-15-25-26-27-28)21-6-7-22-20-5-4-17-12-24(29,14-30-3)11-9-18(17)19(20)8-10-23(21,22)2/h18-23,30H,1,5-15H2,2-4H3;12-13,18-23,29H,1,4-11,14-16H2,2-3H3;15,17-22,29H,1,4-14H2,2-3H3/t2*18-,19-,20+,21+,22+,23-,24+,25+;17-,18-,19+,20+,21+,22-,23+,24+/m000/s1. The smallest absolute Gasteiger partial charge is 0.148 e. The molecule has 0 saturated heterocycles. The third-order valence-electron chi connectivity index (χ3n) is 29.7. The van der Waals surface area contributed by atoms with Gasteiger partial charge >= 0.3 is 0 Å². The first-order valence-electron chi connectivity index (χ1n) is 36.7. The van der Waals surface area contributed by atoms with Crippen LogP contribution >= 0.6 is 0 Å². The number of aliphatic hydroxyl groups is 3. The van der Waals surface area contributed by atoms with Crippen LogP contribution in [0.4, 0.5) is 0 Å². The number of nitrogens with zero attached hydrogens (tertiary/aromatic N) is 11. The molecule has 12 saturated carbocycles. The first-order chi connectivity index (χ1) is 43.7. The van der Waals surface area contributed by atoms with Crippen molar-refractivity contribution in [3.05, 3.63) is 61.0 Å². The van der Waals surface area contributed by atoms with Gasteiger partial charge in [-0.1, -0.05) is 62.4 Å². The number of hydrogen-bond donors (Lipinski definition) is 3. The minimum atomic E-state index is -0.587. The first-order valence-corrected chi connectivity index (χ1v) is 36.7. The summed E-state index contributed by atoms with van der Waals surface area (Å²) in [6, 6.07) is 0. The van der Waals surface area contributed by atoms with E-state index in [4.69, 9.17) is 14.2 Å². The summed E-state index contributed by atoms with van der Waals surface area (Å²) in [6.07, 6.45) is 38.5. The van der Waals surface area contributed by atoms with Gasteiger partial charge in [0.05, 0.1) is 62.5 Å². The Kier molecular flexibility index (Phi) is 19.1. The topological polar surface area (TPSA) is 206 Å². The molecule has 24 atom stereocenters. The van der Waals surface area contributed by atoms with E-state index in [2.05, 4.69) is 81.9 Å². The Morgan fingerprint density at radius 2 is 0.846 bits per heavy atom. The molecule has 17 nitrogen and oxygen atoms in total. The number of ether oxygens (including phenoxy) is 3. The Morgan fingerprint density at radius 1 is 0.451 bits per heavy atom. The summed E-state index contributed by atoms with van der Waals surface area (Å²) in [5.41, 5.74) is 3.37. The largest absolute Gasteiger partial charge is 0.387 e. The van der Waals surface area contributed by atoms with E-state index >= 15 is 0 Å². The zero-order chi connectivity index (χ0) is 63.7. The molecule has 3 N–H and O–H groups in total. The van der Waals surface area contributed by atoms with E-state index in [1.165, 1.54) is 152 Å². The highest BCUT2D eigenvalue weighted by molar-refractivity contribution is 5.19. The van der Waals surface area contributed by atoms with Gasteiger partial charge in [-0.25, -0.2) is 14.0 Å². The van der Waals surface area contributed by atoms with Gasteiger partial charge in [-0.15, -0.1) is 15.3 Å². The van der Waals surface area contributed by atoms with Gasteiger partial charge in [-0.05, 0) is 324 Å². The van der Waals surface area contributed by atoms with Crippen LogP contribution in [0.15, 0.2) is 55.2 Å². The third kappa shape index (κ3) is 12.5. The number of hydrogen-bond acceptors (Lipinski definition) is 14. The predicted molar refractivity (Wildman–Crippen MR) is 350 cm³/mol. The molecule has 0 aliphatic heterocycles.